The summed E-state index contributed by atoms with van der Waals surface area (Å²) in [7, 11) is 1.52. The Bertz CT molecular complexity index is 1290. The summed E-state index contributed by atoms with van der Waals surface area (Å²) in [6.07, 6.45) is 0. The highest BCUT2D eigenvalue weighted by molar-refractivity contribution is 9.10. The topological polar surface area (TPSA) is 79.3 Å². The lowest BCUT2D eigenvalue weighted by atomic mass is 9.92. The van der Waals surface area contributed by atoms with Crippen molar-refractivity contribution >= 4 is 50.6 Å². The maximum absolute atomic E-state index is 13.6. The molecule has 0 spiro atoms. The van der Waals surface area contributed by atoms with Crippen molar-refractivity contribution < 1.29 is 19.1 Å². The molecule has 0 aromatic heterocycles. The SMILES string of the molecule is COc1ccccc1N1N=C(C(=O)c2ccccc2)[C@H]2C(=O)N(c3ccc(Br)cc3)C(=O)[C@H]21. The van der Waals surface area contributed by atoms with Crippen LogP contribution in [0.25, 0.3) is 0 Å². The molecule has 1 saturated heterocycles. The fourth-order valence-corrected chi connectivity index (χ4v) is 4.47. The summed E-state index contributed by atoms with van der Waals surface area (Å²) < 4.78 is 6.28. The van der Waals surface area contributed by atoms with Crippen LogP contribution in [0.5, 0.6) is 5.75 Å². The minimum absolute atomic E-state index is 0.0371. The van der Waals surface area contributed by atoms with Crippen molar-refractivity contribution in [3.05, 3.63) is 88.9 Å². The molecular weight excluding hydrogens is 486 g/mol. The van der Waals surface area contributed by atoms with E-state index in [4.69, 9.17) is 4.74 Å². The smallest absolute Gasteiger partial charge is 0.259 e. The Morgan fingerprint density at radius 1 is 0.909 bits per heavy atom. The van der Waals surface area contributed by atoms with Crippen molar-refractivity contribution in [2.24, 2.45) is 11.0 Å². The quantitative estimate of drug-likeness (QED) is 0.387. The van der Waals surface area contributed by atoms with Gasteiger partial charge in [-0.1, -0.05) is 58.4 Å². The van der Waals surface area contributed by atoms with Gasteiger partial charge in [-0.2, -0.15) is 5.10 Å². The van der Waals surface area contributed by atoms with Crippen molar-refractivity contribution in [1.29, 1.82) is 0 Å². The van der Waals surface area contributed by atoms with Crippen LogP contribution in [0.15, 0.2) is 88.4 Å². The number of carbonyl (C=O) groups is 3. The first-order valence-electron chi connectivity index (χ1n) is 10.2. The normalized spacial score (nSPS) is 19.5. The summed E-state index contributed by atoms with van der Waals surface area (Å²) in [6, 6.07) is 21.6. The predicted molar refractivity (Wildman–Crippen MR) is 128 cm³/mol. The second kappa shape index (κ2) is 8.29. The van der Waals surface area contributed by atoms with Crippen molar-refractivity contribution in [3.63, 3.8) is 0 Å². The Hall–Kier alpha value is -3.78. The zero-order valence-electron chi connectivity index (χ0n) is 17.5. The van der Waals surface area contributed by atoms with E-state index in [1.165, 1.54) is 12.1 Å². The van der Waals surface area contributed by atoms with E-state index in [-0.39, 0.29) is 11.5 Å². The van der Waals surface area contributed by atoms with Crippen LogP contribution in [-0.2, 0) is 9.59 Å². The van der Waals surface area contributed by atoms with E-state index in [1.54, 1.807) is 78.9 Å². The summed E-state index contributed by atoms with van der Waals surface area (Å²) in [5, 5.41) is 5.96. The first-order valence-corrected chi connectivity index (χ1v) is 11.0. The molecule has 0 radical (unpaired) electrons. The maximum Gasteiger partial charge on any atom is 0.259 e. The summed E-state index contributed by atoms with van der Waals surface area (Å²) in [4.78, 5) is 41.7. The van der Waals surface area contributed by atoms with Gasteiger partial charge in [0.2, 0.25) is 11.7 Å². The zero-order chi connectivity index (χ0) is 23.1. The molecule has 0 aliphatic carbocycles. The Morgan fingerprint density at radius 2 is 1.58 bits per heavy atom. The lowest BCUT2D eigenvalue weighted by molar-refractivity contribution is -0.121. The van der Waals surface area contributed by atoms with Crippen LogP contribution in [0.1, 0.15) is 10.4 Å². The molecule has 0 bridgehead atoms. The number of para-hydroxylation sites is 2. The number of anilines is 2. The van der Waals surface area contributed by atoms with Gasteiger partial charge in [0.25, 0.3) is 5.91 Å². The minimum Gasteiger partial charge on any atom is -0.495 e. The lowest BCUT2D eigenvalue weighted by Gasteiger charge is -2.23. The third kappa shape index (κ3) is 3.43. The zero-order valence-corrected chi connectivity index (χ0v) is 19.1. The third-order valence-electron chi connectivity index (χ3n) is 5.73. The number of hydrogen-bond acceptors (Lipinski definition) is 6. The molecule has 2 aliphatic rings. The molecule has 2 heterocycles. The van der Waals surface area contributed by atoms with E-state index < -0.39 is 23.8 Å². The van der Waals surface area contributed by atoms with Gasteiger partial charge in [0.15, 0.2) is 0 Å². The van der Waals surface area contributed by atoms with E-state index in [0.717, 1.165) is 9.37 Å². The van der Waals surface area contributed by atoms with Gasteiger partial charge < -0.3 is 4.74 Å². The molecule has 3 aromatic rings. The number of Topliss-reactive ketones (excluding diaryl/α,β-unsaturated/α-hetero) is 1. The summed E-state index contributed by atoms with van der Waals surface area (Å²) in [6.45, 7) is 0. The molecule has 2 aliphatic heterocycles. The molecule has 2 amide bonds. The maximum atomic E-state index is 13.6. The molecule has 3 aromatic carbocycles. The number of amides is 2. The molecule has 0 unspecified atom stereocenters. The van der Waals surface area contributed by atoms with Crippen LogP contribution in [0.2, 0.25) is 0 Å². The van der Waals surface area contributed by atoms with Gasteiger partial charge in [-0.3, -0.25) is 14.4 Å². The fourth-order valence-electron chi connectivity index (χ4n) is 4.20. The van der Waals surface area contributed by atoms with Crippen LogP contribution in [0, 0.1) is 5.92 Å². The van der Waals surface area contributed by atoms with Gasteiger partial charge in [0, 0.05) is 10.0 Å². The highest BCUT2D eigenvalue weighted by atomic mass is 79.9. The predicted octanol–water partition coefficient (Wildman–Crippen LogP) is 4.07. The Labute approximate surface area is 198 Å². The van der Waals surface area contributed by atoms with Crippen molar-refractivity contribution in [3.8, 4) is 5.75 Å². The molecule has 0 saturated carbocycles. The molecule has 33 heavy (non-hydrogen) atoms. The number of ketones is 1. The summed E-state index contributed by atoms with van der Waals surface area (Å²) in [5.41, 5.74) is 1.38. The first-order chi connectivity index (χ1) is 16.0. The van der Waals surface area contributed by atoms with E-state index in [1.807, 2.05) is 0 Å². The fraction of sp³-hybridized carbons (Fsp3) is 0.120. The number of benzene rings is 3. The average molecular weight is 504 g/mol. The van der Waals surface area contributed by atoms with E-state index in [0.29, 0.717) is 22.7 Å². The number of ether oxygens (including phenoxy) is 1. The number of methoxy groups -OCH3 is 1. The van der Waals surface area contributed by atoms with Crippen molar-refractivity contribution in [1.82, 2.24) is 0 Å². The van der Waals surface area contributed by atoms with Gasteiger partial charge in [-0.15, -0.1) is 0 Å². The molecular formula is C25H18BrN3O4. The number of hydrogen-bond donors (Lipinski definition) is 0. The van der Waals surface area contributed by atoms with Crippen LogP contribution in [0.3, 0.4) is 0 Å². The van der Waals surface area contributed by atoms with Crippen LogP contribution >= 0.6 is 15.9 Å². The third-order valence-corrected chi connectivity index (χ3v) is 6.26. The molecule has 0 N–H and O–H groups in total. The number of nitrogens with zero attached hydrogens (tertiary/aromatic N) is 3. The van der Waals surface area contributed by atoms with Crippen LogP contribution in [-0.4, -0.2) is 36.5 Å². The van der Waals surface area contributed by atoms with Crippen LogP contribution < -0.4 is 14.6 Å². The van der Waals surface area contributed by atoms with Crippen molar-refractivity contribution in [2.75, 3.05) is 17.0 Å². The largest absolute Gasteiger partial charge is 0.495 e. The number of carbonyl (C=O) groups excluding carboxylic acids is 3. The summed E-state index contributed by atoms with van der Waals surface area (Å²) in [5.74, 6) is -1.86. The molecule has 5 rings (SSSR count). The van der Waals surface area contributed by atoms with Gasteiger partial charge in [0.05, 0.1) is 12.8 Å². The van der Waals surface area contributed by atoms with Gasteiger partial charge in [-0.05, 0) is 36.4 Å². The van der Waals surface area contributed by atoms with Gasteiger partial charge in [-0.25, -0.2) is 9.91 Å². The van der Waals surface area contributed by atoms with E-state index >= 15 is 0 Å². The number of rotatable bonds is 5. The first kappa shape index (κ1) is 21.1. The number of fused-ring (bicyclic) bond motifs is 1. The molecule has 1 fully saturated rings. The number of halogens is 1. The monoisotopic (exact) mass is 503 g/mol. The van der Waals surface area contributed by atoms with Gasteiger partial charge in [0.1, 0.15) is 29.1 Å². The molecule has 7 nitrogen and oxygen atoms in total. The second-order valence-electron chi connectivity index (χ2n) is 7.61. The van der Waals surface area contributed by atoms with Gasteiger partial charge >= 0.3 is 0 Å². The van der Waals surface area contributed by atoms with E-state index in [2.05, 4.69) is 21.0 Å². The Morgan fingerprint density at radius 3 is 2.27 bits per heavy atom. The Balaban J connectivity index is 1.64. The van der Waals surface area contributed by atoms with Crippen molar-refractivity contribution in [2.45, 2.75) is 6.04 Å². The van der Waals surface area contributed by atoms with E-state index in [9.17, 15) is 14.4 Å². The standard InChI is InChI=1S/C25H18BrN3O4/c1-33-19-10-6-5-9-18(19)29-22-20(21(27-29)23(30)15-7-3-2-4-8-15)24(31)28(25(22)32)17-13-11-16(26)12-14-17/h2-14,20,22H,1H3/t20-,22+/m1/s1. The minimum atomic E-state index is -1.03. The number of hydrazone groups is 1. The molecule has 164 valence electrons. The molecule has 8 heteroatoms. The Kier molecular flexibility index (Phi) is 5.30. The average Bonchev–Trinajstić information content (AvgIpc) is 3.36. The van der Waals surface area contributed by atoms with Crippen LogP contribution in [0.4, 0.5) is 11.4 Å². The highest BCUT2D eigenvalue weighted by Crippen LogP contribution is 2.41. The highest BCUT2D eigenvalue weighted by Gasteiger charge is 2.59. The second-order valence-corrected chi connectivity index (χ2v) is 8.52. The summed E-state index contributed by atoms with van der Waals surface area (Å²) >= 11 is 3.37. The number of imide groups is 1. The lowest BCUT2D eigenvalue weighted by Crippen LogP contribution is -2.39. The molecule has 2 atom stereocenters.